The van der Waals surface area contributed by atoms with Crippen LogP contribution in [0, 0.1) is 6.92 Å². The van der Waals surface area contributed by atoms with Crippen LogP contribution in [0.15, 0.2) is 12.3 Å². The van der Waals surface area contributed by atoms with Crippen LogP contribution >= 0.6 is 0 Å². The number of nitrogens with zero attached hydrogens (tertiary/aromatic N) is 3. The van der Waals surface area contributed by atoms with E-state index in [0.29, 0.717) is 29.2 Å². The minimum absolute atomic E-state index is 0.332. The van der Waals surface area contributed by atoms with Crippen molar-refractivity contribution in [2.24, 2.45) is 0 Å². The standard InChI is InChI=1S/C19H29N5O2/c1-7-13(8-2)23-18-19(26-6)24-17(12(4)22-18)14-11-21-16(20-9-3)10-15(14)25-5/h10-11,13H,7-9H2,1-6H3,(H,20,21)(H,22,23). The van der Waals surface area contributed by atoms with Crippen LogP contribution in [0.2, 0.25) is 0 Å². The number of pyridine rings is 1. The molecule has 0 atom stereocenters. The average molecular weight is 359 g/mol. The largest absolute Gasteiger partial charge is 0.496 e. The second-order valence-corrected chi connectivity index (χ2v) is 5.97. The fraction of sp³-hybridized carbons (Fsp3) is 0.526. The van der Waals surface area contributed by atoms with Gasteiger partial charge in [0.25, 0.3) is 5.88 Å². The molecule has 0 saturated carbocycles. The maximum atomic E-state index is 5.54. The Kier molecular flexibility index (Phi) is 7.00. The molecule has 0 bridgehead atoms. The van der Waals surface area contributed by atoms with Crippen LogP contribution in [-0.4, -0.2) is 41.8 Å². The molecule has 0 aliphatic heterocycles. The van der Waals surface area contributed by atoms with Crippen LogP contribution in [0.5, 0.6) is 11.6 Å². The van der Waals surface area contributed by atoms with E-state index in [1.165, 1.54) is 0 Å². The lowest BCUT2D eigenvalue weighted by Gasteiger charge is -2.19. The minimum atomic E-state index is 0.332. The first-order chi connectivity index (χ1) is 12.6. The van der Waals surface area contributed by atoms with Gasteiger partial charge in [-0.25, -0.2) is 15.0 Å². The van der Waals surface area contributed by atoms with E-state index in [1.54, 1.807) is 20.4 Å². The second kappa shape index (κ2) is 9.22. The molecule has 2 heterocycles. The summed E-state index contributed by atoms with van der Waals surface area (Å²) in [4.78, 5) is 13.8. The number of rotatable bonds is 9. The number of hydrogen-bond donors (Lipinski definition) is 2. The molecule has 0 unspecified atom stereocenters. The van der Waals surface area contributed by atoms with E-state index < -0.39 is 0 Å². The van der Waals surface area contributed by atoms with Crippen LogP contribution in [-0.2, 0) is 0 Å². The summed E-state index contributed by atoms with van der Waals surface area (Å²) >= 11 is 0. The van der Waals surface area contributed by atoms with Crippen LogP contribution < -0.4 is 20.1 Å². The Morgan fingerprint density at radius 1 is 1.08 bits per heavy atom. The van der Waals surface area contributed by atoms with Crippen molar-refractivity contribution in [2.75, 3.05) is 31.4 Å². The summed E-state index contributed by atoms with van der Waals surface area (Å²) in [5.41, 5.74) is 2.27. The third-order valence-electron chi connectivity index (χ3n) is 4.26. The maximum absolute atomic E-state index is 5.54. The Balaban J connectivity index is 2.47. The van der Waals surface area contributed by atoms with E-state index in [0.717, 1.165) is 36.5 Å². The Labute approximate surface area is 155 Å². The molecule has 2 aromatic rings. The molecule has 2 aromatic heterocycles. The number of methoxy groups -OCH3 is 2. The highest BCUT2D eigenvalue weighted by Gasteiger charge is 2.18. The van der Waals surface area contributed by atoms with Crippen LogP contribution in [0.4, 0.5) is 11.6 Å². The Hall–Kier alpha value is -2.57. The van der Waals surface area contributed by atoms with Crippen LogP contribution in [0.1, 0.15) is 39.3 Å². The molecular weight excluding hydrogens is 330 g/mol. The van der Waals surface area contributed by atoms with Gasteiger partial charge in [0.2, 0.25) is 0 Å². The van der Waals surface area contributed by atoms with Crippen LogP contribution in [0.25, 0.3) is 11.3 Å². The summed E-state index contributed by atoms with van der Waals surface area (Å²) in [7, 11) is 3.24. The van der Waals surface area contributed by atoms with Crippen LogP contribution in [0.3, 0.4) is 0 Å². The zero-order valence-corrected chi connectivity index (χ0v) is 16.5. The topological polar surface area (TPSA) is 81.2 Å². The summed E-state index contributed by atoms with van der Waals surface area (Å²) in [5, 5.41) is 6.60. The number of hydrogen-bond acceptors (Lipinski definition) is 7. The number of aryl methyl sites for hydroxylation is 1. The fourth-order valence-electron chi connectivity index (χ4n) is 2.74. The molecule has 142 valence electrons. The van der Waals surface area contributed by atoms with Crippen molar-refractivity contribution >= 4 is 11.6 Å². The van der Waals surface area contributed by atoms with Crippen molar-refractivity contribution in [3.63, 3.8) is 0 Å². The monoisotopic (exact) mass is 359 g/mol. The normalized spacial score (nSPS) is 10.7. The summed E-state index contributed by atoms with van der Waals surface area (Å²) in [6, 6.07) is 2.20. The molecule has 0 saturated heterocycles. The van der Waals surface area contributed by atoms with Crippen molar-refractivity contribution in [1.82, 2.24) is 15.0 Å². The summed E-state index contributed by atoms with van der Waals surface area (Å²) < 4.78 is 11.0. The van der Waals surface area contributed by atoms with Gasteiger partial charge in [-0.2, -0.15) is 0 Å². The van der Waals surface area contributed by atoms with Gasteiger partial charge < -0.3 is 20.1 Å². The Morgan fingerprint density at radius 3 is 2.38 bits per heavy atom. The minimum Gasteiger partial charge on any atom is -0.496 e. The molecule has 0 aliphatic rings. The predicted molar refractivity (Wildman–Crippen MR) is 105 cm³/mol. The summed E-state index contributed by atoms with van der Waals surface area (Å²) in [5.74, 6) is 2.59. The first-order valence-corrected chi connectivity index (χ1v) is 9.05. The molecule has 0 aliphatic carbocycles. The SMILES string of the molecule is CCNc1cc(OC)c(-c2nc(OC)c(NC(CC)CC)nc2C)cn1. The van der Waals surface area contributed by atoms with Gasteiger partial charge in [-0.3, -0.25) is 0 Å². The van der Waals surface area contributed by atoms with E-state index >= 15 is 0 Å². The third-order valence-corrected chi connectivity index (χ3v) is 4.26. The lowest BCUT2D eigenvalue weighted by molar-refractivity contribution is 0.396. The Morgan fingerprint density at radius 2 is 1.81 bits per heavy atom. The second-order valence-electron chi connectivity index (χ2n) is 5.97. The average Bonchev–Trinajstić information content (AvgIpc) is 2.66. The van der Waals surface area contributed by atoms with Gasteiger partial charge >= 0.3 is 0 Å². The number of aromatic nitrogens is 3. The van der Waals surface area contributed by atoms with Crippen molar-refractivity contribution in [3.05, 3.63) is 18.0 Å². The smallest absolute Gasteiger partial charge is 0.257 e. The quantitative estimate of drug-likeness (QED) is 0.703. The van der Waals surface area contributed by atoms with E-state index in [-0.39, 0.29) is 0 Å². The lowest BCUT2D eigenvalue weighted by atomic mass is 10.1. The summed E-state index contributed by atoms with van der Waals surface area (Å²) in [6.07, 6.45) is 3.76. The molecule has 7 nitrogen and oxygen atoms in total. The van der Waals surface area contributed by atoms with Gasteiger partial charge in [-0.15, -0.1) is 0 Å². The molecule has 0 amide bonds. The molecule has 0 spiro atoms. The molecule has 2 rings (SSSR count). The molecule has 2 N–H and O–H groups in total. The first kappa shape index (κ1) is 19.8. The number of anilines is 2. The highest BCUT2D eigenvalue weighted by atomic mass is 16.5. The van der Waals surface area contributed by atoms with Gasteiger partial charge in [-0.1, -0.05) is 13.8 Å². The van der Waals surface area contributed by atoms with Gasteiger partial charge in [0.15, 0.2) is 5.82 Å². The highest BCUT2D eigenvalue weighted by molar-refractivity contribution is 5.71. The zero-order valence-electron chi connectivity index (χ0n) is 16.5. The van der Waals surface area contributed by atoms with Gasteiger partial charge in [0.1, 0.15) is 17.3 Å². The Bertz CT molecular complexity index is 732. The molecular formula is C19H29N5O2. The molecule has 26 heavy (non-hydrogen) atoms. The maximum Gasteiger partial charge on any atom is 0.257 e. The van der Waals surface area contributed by atoms with Crippen molar-refractivity contribution < 1.29 is 9.47 Å². The van der Waals surface area contributed by atoms with Gasteiger partial charge in [0.05, 0.1) is 25.5 Å². The zero-order chi connectivity index (χ0) is 19.1. The molecule has 0 fully saturated rings. The number of ether oxygens (including phenoxy) is 2. The highest BCUT2D eigenvalue weighted by Crippen LogP contribution is 2.34. The van der Waals surface area contributed by atoms with Crippen molar-refractivity contribution in [2.45, 2.75) is 46.6 Å². The van der Waals surface area contributed by atoms with E-state index in [9.17, 15) is 0 Å². The molecule has 0 aromatic carbocycles. The predicted octanol–water partition coefficient (Wildman–Crippen LogP) is 3.90. The summed E-state index contributed by atoms with van der Waals surface area (Å²) in [6.45, 7) is 9.03. The molecule has 7 heteroatoms. The first-order valence-electron chi connectivity index (χ1n) is 9.05. The van der Waals surface area contributed by atoms with Crippen molar-refractivity contribution in [3.8, 4) is 22.9 Å². The van der Waals surface area contributed by atoms with Crippen molar-refractivity contribution in [1.29, 1.82) is 0 Å². The third kappa shape index (κ3) is 4.33. The fourth-order valence-corrected chi connectivity index (χ4v) is 2.74. The van der Waals surface area contributed by atoms with Gasteiger partial charge in [-0.05, 0) is 26.7 Å². The lowest BCUT2D eigenvalue weighted by Crippen LogP contribution is -2.19. The van der Waals surface area contributed by atoms with E-state index in [1.807, 2.05) is 19.9 Å². The molecule has 0 radical (unpaired) electrons. The van der Waals surface area contributed by atoms with Gasteiger partial charge in [0, 0.05) is 24.8 Å². The van der Waals surface area contributed by atoms with E-state index in [2.05, 4.69) is 34.4 Å². The number of nitrogens with one attached hydrogen (secondary N) is 2. The van der Waals surface area contributed by atoms with E-state index in [4.69, 9.17) is 14.5 Å².